The summed E-state index contributed by atoms with van der Waals surface area (Å²) in [5, 5.41) is 2.92. The number of nitrogens with zero attached hydrogens (tertiary/aromatic N) is 1. The van der Waals surface area contributed by atoms with Gasteiger partial charge in [-0.05, 0) is 79.9 Å². The van der Waals surface area contributed by atoms with Crippen LogP contribution in [0, 0.1) is 13.8 Å². The number of ether oxygens (including phenoxy) is 1. The summed E-state index contributed by atoms with van der Waals surface area (Å²) < 4.78 is 11.6. The van der Waals surface area contributed by atoms with E-state index in [1.54, 1.807) is 12.1 Å². The van der Waals surface area contributed by atoms with Crippen LogP contribution in [0.2, 0.25) is 0 Å². The SMILES string of the molecule is CCCOc1cccc(C(=O)Nc2ccc(-c3nc4cc(C)cc(C)c4o3)cc2)c1. The van der Waals surface area contributed by atoms with Gasteiger partial charge in [-0.3, -0.25) is 4.79 Å². The third-order valence-electron chi connectivity index (χ3n) is 4.78. The summed E-state index contributed by atoms with van der Waals surface area (Å²) >= 11 is 0. The molecule has 152 valence electrons. The molecule has 0 bridgehead atoms. The van der Waals surface area contributed by atoms with Gasteiger partial charge in [0.25, 0.3) is 5.91 Å². The predicted octanol–water partition coefficient (Wildman–Crippen LogP) is 6.15. The van der Waals surface area contributed by atoms with Gasteiger partial charge in [0.05, 0.1) is 6.61 Å². The molecular weight excluding hydrogens is 376 g/mol. The van der Waals surface area contributed by atoms with Crippen LogP contribution >= 0.6 is 0 Å². The molecule has 0 aliphatic carbocycles. The number of aryl methyl sites for hydroxylation is 2. The van der Waals surface area contributed by atoms with E-state index in [2.05, 4.69) is 16.4 Å². The summed E-state index contributed by atoms with van der Waals surface area (Å²) in [5.74, 6) is 1.08. The van der Waals surface area contributed by atoms with Crippen molar-refractivity contribution in [2.75, 3.05) is 11.9 Å². The molecule has 0 saturated heterocycles. The van der Waals surface area contributed by atoms with Gasteiger partial charge in [0, 0.05) is 16.8 Å². The van der Waals surface area contributed by atoms with Crippen LogP contribution in [0.1, 0.15) is 34.8 Å². The first kappa shape index (κ1) is 19.7. The highest BCUT2D eigenvalue weighted by Crippen LogP contribution is 2.28. The minimum absolute atomic E-state index is 0.183. The fourth-order valence-corrected chi connectivity index (χ4v) is 3.35. The minimum Gasteiger partial charge on any atom is -0.494 e. The lowest BCUT2D eigenvalue weighted by Crippen LogP contribution is -2.12. The van der Waals surface area contributed by atoms with E-state index in [9.17, 15) is 4.79 Å². The minimum atomic E-state index is -0.183. The van der Waals surface area contributed by atoms with Crippen LogP contribution in [-0.2, 0) is 0 Å². The Morgan fingerprint density at radius 1 is 1.07 bits per heavy atom. The van der Waals surface area contributed by atoms with Crippen molar-refractivity contribution in [3.63, 3.8) is 0 Å². The number of amides is 1. The second-order valence-corrected chi connectivity index (χ2v) is 7.36. The highest BCUT2D eigenvalue weighted by atomic mass is 16.5. The van der Waals surface area contributed by atoms with E-state index in [0.29, 0.717) is 29.5 Å². The molecule has 1 amide bonds. The summed E-state index contributed by atoms with van der Waals surface area (Å²) in [6, 6.07) is 18.8. The van der Waals surface area contributed by atoms with Crippen molar-refractivity contribution in [1.29, 1.82) is 0 Å². The first-order valence-electron chi connectivity index (χ1n) is 10.1. The lowest BCUT2D eigenvalue weighted by Gasteiger charge is -2.08. The second kappa shape index (κ2) is 8.41. The van der Waals surface area contributed by atoms with Gasteiger partial charge >= 0.3 is 0 Å². The summed E-state index contributed by atoms with van der Waals surface area (Å²) in [7, 11) is 0. The lowest BCUT2D eigenvalue weighted by molar-refractivity contribution is 0.102. The predicted molar refractivity (Wildman–Crippen MR) is 119 cm³/mol. The number of aromatic nitrogens is 1. The number of hydrogen-bond acceptors (Lipinski definition) is 4. The summed E-state index contributed by atoms with van der Waals surface area (Å²) in [6.07, 6.45) is 0.919. The van der Waals surface area contributed by atoms with Crippen LogP contribution < -0.4 is 10.1 Å². The first-order chi connectivity index (χ1) is 14.5. The molecule has 0 spiro atoms. The molecule has 4 rings (SSSR count). The Kier molecular flexibility index (Phi) is 5.53. The smallest absolute Gasteiger partial charge is 0.255 e. The van der Waals surface area contributed by atoms with Gasteiger partial charge in [-0.2, -0.15) is 0 Å². The standard InChI is InChI=1S/C25H24N2O3/c1-4-12-29-21-7-5-6-19(15-21)24(28)26-20-10-8-18(9-11-20)25-27-22-14-16(2)13-17(3)23(22)30-25/h5-11,13-15H,4,12H2,1-3H3,(H,26,28). The highest BCUT2D eigenvalue weighted by Gasteiger charge is 2.12. The summed E-state index contributed by atoms with van der Waals surface area (Å²) in [4.78, 5) is 17.2. The molecule has 1 N–H and O–H groups in total. The fraction of sp³-hybridized carbons (Fsp3) is 0.200. The largest absolute Gasteiger partial charge is 0.494 e. The van der Waals surface area contributed by atoms with E-state index in [1.807, 2.05) is 63.2 Å². The zero-order chi connectivity index (χ0) is 21.1. The van der Waals surface area contributed by atoms with Crippen molar-refractivity contribution in [2.45, 2.75) is 27.2 Å². The van der Waals surface area contributed by atoms with Crippen molar-refractivity contribution in [3.05, 3.63) is 77.4 Å². The third kappa shape index (κ3) is 4.20. The van der Waals surface area contributed by atoms with E-state index in [0.717, 1.165) is 34.2 Å². The number of oxazole rings is 1. The average molecular weight is 400 g/mol. The number of anilines is 1. The molecule has 3 aromatic carbocycles. The van der Waals surface area contributed by atoms with E-state index >= 15 is 0 Å². The molecule has 5 nitrogen and oxygen atoms in total. The normalized spacial score (nSPS) is 10.9. The van der Waals surface area contributed by atoms with Gasteiger partial charge in [-0.1, -0.05) is 19.1 Å². The molecular formula is C25H24N2O3. The third-order valence-corrected chi connectivity index (χ3v) is 4.78. The Hall–Kier alpha value is -3.60. The van der Waals surface area contributed by atoms with Crippen molar-refractivity contribution in [3.8, 4) is 17.2 Å². The molecule has 4 aromatic rings. The molecule has 0 atom stereocenters. The fourth-order valence-electron chi connectivity index (χ4n) is 3.35. The van der Waals surface area contributed by atoms with Gasteiger partial charge in [0.15, 0.2) is 5.58 Å². The number of benzene rings is 3. The van der Waals surface area contributed by atoms with E-state index in [1.165, 1.54) is 0 Å². The van der Waals surface area contributed by atoms with Gasteiger partial charge in [0.2, 0.25) is 5.89 Å². The van der Waals surface area contributed by atoms with Crippen molar-refractivity contribution in [2.24, 2.45) is 0 Å². The molecule has 0 unspecified atom stereocenters. The quantitative estimate of drug-likeness (QED) is 0.421. The van der Waals surface area contributed by atoms with Crippen molar-refractivity contribution in [1.82, 2.24) is 4.98 Å². The summed E-state index contributed by atoms with van der Waals surface area (Å²) in [5.41, 5.74) is 5.99. The monoisotopic (exact) mass is 400 g/mol. The van der Waals surface area contributed by atoms with Crippen LogP contribution in [0.4, 0.5) is 5.69 Å². The maximum Gasteiger partial charge on any atom is 0.255 e. The first-order valence-corrected chi connectivity index (χ1v) is 10.1. The Labute approximate surface area is 175 Å². The highest BCUT2D eigenvalue weighted by molar-refractivity contribution is 6.04. The number of carbonyl (C=O) groups excluding carboxylic acids is 1. The van der Waals surface area contributed by atoms with Crippen LogP contribution in [0.25, 0.3) is 22.6 Å². The van der Waals surface area contributed by atoms with Crippen LogP contribution in [0.15, 0.2) is 65.1 Å². The topological polar surface area (TPSA) is 64.4 Å². The van der Waals surface area contributed by atoms with Crippen molar-refractivity contribution >= 4 is 22.7 Å². The molecule has 0 aliphatic heterocycles. The molecule has 1 heterocycles. The molecule has 0 aliphatic rings. The number of carbonyl (C=O) groups is 1. The molecule has 0 radical (unpaired) electrons. The van der Waals surface area contributed by atoms with E-state index < -0.39 is 0 Å². The molecule has 0 saturated carbocycles. The maximum absolute atomic E-state index is 12.6. The van der Waals surface area contributed by atoms with E-state index in [-0.39, 0.29) is 5.91 Å². The molecule has 1 aromatic heterocycles. The van der Waals surface area contributed by atoms with Crippen LogP contribution in [0.5, 0.6) is 5.75 Å². The number of fused-ring (bicyclic) bond motifs is 1. The van der Waals surface area contributed by atoms with Gasteiger partial charge in [0.1, 0.15) is 11.3 Å². The summed E-state index contributed by atoms with van der Waals surface area (Å²) in [6.45, 7) is 6.74. The van der Waals surface area contributed by atoms with Gasteiger partial charge in [-0.15, -0.1) is 0 Å². The van der Waals surface area contributed by atoms with Crippen LogP contribution in [-0.4, -0.2) is 17.5 Å². The Bertz CT molecular complexity index is 1190. The van der Waals surface area contributed by atoms with Gasteiger partial charge < -0.3 is 14.5 Å². The van der Waals surface area contributed by atoms with Gasteiger partial charge in [-0.25, -0.2) is 4.98 Å². The zero-order valence-electron chi connectivity index (χ0n) is 17.4. The Morgan fingerprint density at radius 2 is 1.87 bits per heavy atom. The lowest BCUT2D eigenvalue weighted by atomic mass is 10.1. The molecule has 30 heavy (non-hydrogen) atoms. The number of hydrogen-bond donors (Lipinski definition) is 1. The Balaban J connectivity index is 1.50. The number of rotatable bonds is 6. The second-order valence-electron chi connectivity index (χ2n) is 7.36. The average Bonchev–Trinajstić information content (AvgIpc) is 3.17. The number of nitrogens with one attached hydrogen (secondary N) is 1. The maximum atomic E-state index is 12.6. The Morgan fingerprint density at radius 3 is 2.63 bits per heavy atom. The van der Waals surface area contributed by atoms with Crippen molar-refractivity contribution < 1.29 is 13.9 Å². The molecule has 0 fully saturated rings. The van der Waals surface area contributed by atoms with E-state index in [4.69, 9.17) is 9.15 Å². The zero-order valence-corrected chi connectivity index (χ0v) is 17.4. The molecule has 5 heteroatoms. The van der Waals surface area contributed by atoms with Crippen LogP contribution in [0.3, 0.4) is 0 Å².